The Morgan fingerprint density at radius 3 is 2.59 bits per heavy atom. The van der Waals surface area contributed by atoms with E-state index in [1.165, 1.54) is 12.3 Å². The zero-order valence-corrected chi connectivity index (χ0v) is 14.2. The van der Waals surface area contributed by atoms with Crippen LogP contribution in [0.3, 0.4) is 0 Å². The molecule has 8 heteroatoms. The zero-order chi connectivity index (χ0) is 16.5. The van der Waals surface area contributed by atoms with Gasteiger partial charge in [-0.3, -0.25) is 4.79 Å². The third-order valence-electron chi connectivity index (χ3n) is 4.46. The molecule has 0 saturated carbocycles. The Balaban J connectivity index is 2.37. The van der Waals surface area contributed by atoms with Gasteiger partial charge in [-0.05, 0) is 18.9 Å². The summed E-state index contributed by atoms with van der Waals surface area (Å²) < 4.78 is 24.1. The molecule has 1 aliphatic rings. The first kappa shape index (κ1) is 17.0. The molecule has 0 aliphatic carbocycles. The van der Waals surface area contributed by atoms with Crippen LogP contribution in [0.25, 0.3) is 0 Å². The fraction of sp³-hybridized carbons (Fsp3) is 0.571. The number of halogens is 1. The van der Waals surface area contributed by atoms with Crippen molar-refractivity contribution in [2.24, 2.45) is 5.73 Å². The Morgan fingerprint density at radius 2 is 2.09 bits per heavy atom. The third-order valence-corrected chi connectivity index (χ3v) is 7.49. The van der Waals surface area contributed by atoms with Gasteiger partial charge in [0.15, 0.2) is 9.84 Å². The molecule has 1 aliphatic heterocycles. The standard InChI is InChI=1S/C14H20ClN3O3S/c1-3-14(4-2)9-18(5-6-22(14,20)21)13-11(15)7-10(8-17-13)12(16)19/h7-8H,3-6,9H2,1-2H3,(H2,16,19). The number of hydrogen-bond acceptors (Lipinski definition) is 5. The summed E-state index contributed by atoms with van der Waals surface area (Å²) in [5.74, 6) is -0.0314. The van der Waals surface area contributed by atoms with Gasteiger partial charge in [0.05, 0.1) is 21.1 Å². The van der Waals surface area contributed by atoms with Gasteiger partial charge < -0.3 is 10.6 Å². The quantitative estimate of drug-likeness (QED) is 0.895. The van der Waals surface area contributed by atoms with E-state index in [2.05, 4.69) is 4.98 Å². The number of carbonyl (C=O) groups is 1. The molecule has 1 amide bonds. The molecule has 0 spiro atoms. The summed E-state index contributed by atoms with van der Waals surface area (Å²) in [6.07, 6.45) is 2.45. The first-order valence-electron chi connectivity index (χ1n) is 7.19. The Labute approximate surface area is 135 Å². The summed E-state index contributed by atoms with van der Waals surface area (Å²) >= 11 is 6.20. The van der Waals surface area contributed by atoms with E-state index in [9.17, 15) is 13.2 Å². The Bertz CT molecular complexity index is 687. The predicted octanol–water partition coefficient (Wildman–Crippen LogP) is 1.63. The molecule has 6 nitrogen and oxygen atoms in total. The highest BCUT2D eigenvalue weighted by atomic mass is 35.5. The van der Waals surface area contributed by atoms with Crippen LogP contribution in [0.15, 0.2) is 12.3 Å². The molecule has 0 atom stereocenters. The molecule has 2 N–H and O–H groups in total. The van der Waals surface area contributed by atoms with Crippen LogP contribution in [0.2, 0.25) is 5.02 Å². The maximum Gasteiger partial charge on any atom is 0.250 e. The maximum atomic E-state index is 12.4. The number of rotatable bonds is 4. The summed E-state index contributed by atoms with van der Waals surface area (Å²) in [7, 11) is -3.15. The molecular weight excluding hydrogens is 326 g/mol. The first-order chi connectivity index (χ1) is 10.3. The maximum absolute atomic E-state index is 12.4. The normalized spacial score (nSPS) is 19.9. The van der Waals surface area contributed by atoms with E-state index in [4.69, 9.17) is 17.3 Å². The summed E-state index contributed by atoms with van der Waals surface area (Å²) in [6, 6.07) is 1.47. The predicted molar refractivity (Wildman–Crippen MR) is 87.1 cm³/mol. The summed E-state index contributed by atoms with van der Waals surface area (Å²) in [4.78, 5) is 17.2. The van der Waals surface area contributed by atoms with Crippen molar-refractivity contribution in [3.63, 3.8) is 0 Å². The molecular formula is C14H20ClN3O3S. The molecule has 2 heterocycles. The number of primary amides is 1. The van der Waals surface area contributed by atoms with Crippen LogP contribution in [0, 0.1) is 0 Å². The minimum Gasteiger partial charge on any atom is -0.366 e. The smallest absolute Gasteiger partial charge is 0.250 e. The Morgan fingerprint density at radius 1 is 1.45 bits per heavy atom. The summed E-state index contributed by atoms with van der Waals surface area (Å²) in [5.41, 5.74) is 5.43. The van der Waals surface area contributed by atoms with Gasteiger partial charge in [0.1, 0.15) is 5.82 Å². The zero-order valence-electron chi connectivity index (χ0n) is 12.7. The molecule has 0 unspecified atom stereocenters. The van der Waals surface area contributed by atoms with Crippen LogP contribution in [0.1, 0.15) is 37.0 Å². The van der Waals surface area contributed by atoms with E-state index >= 15 is 0 Å². The van der Waals surface area contributed by atoms with Gasteiger partial charge in [0.2, 0.25) is 5.91 Å². The number of aromatic nitrogens is 1. The SMILES string of the molecule is CCC1(CC)CN(c2ncc(C(N)=O)cc2Cl)CCS1(=O)=O. The number of nitrogens with zero attached hydrogens (tertiary/aromatic N) is 2. The molecule has 0 aromatic carbocycles. The summed E-state index contributed by atoms with van der Waals surface area (Å²) in [6.45, 7) is 4.46. The molecule has 1 saturated heterocycles. The Hall–Kier alpha value is -1.34. The van der Waals surface area contributed by atoms with Crippen molar-refractivity contribution in [3.8, 4) is 0 Å². The molecule has 122 valence electrons. The van der Waals surface area contributed by atoms with E-state index in [0.717, 1.165) is 0 Å². The number of hydrogen-bond donors (Lipinski definition) is 1. The number of amides is 1. The third kappa shape index (κ3) is 2.79. The molecule has 1 aromatic heterocycles. The van der Waals surface area contributed by atoms with Gasteiger partial charge in [-0.15, -0.1) is 0 Å². The van der Waals surface area contributed by atoms with Crippen LogP contribution in [-0.4, -0.2) is 42.9 Å². The van der Waals surface area contributed by atoms with Gasteiger partial charge in [-0.1, -0.05) is 25.4 Å². The fourth-order valence-corrected chi connectivity index (χ4v) is 5.28. The molecule has 0 bridgehead atoms. The van der Waals surface area contributed by atoms with Crippen molar-refractivity contribution in [1.82, 2.24) is 4.98 Å². The first-order valence-corrected chi connectivity index (χ1v) is 9.22. The van der Waals surface area contributed by atoms with E-state index in [-0.39, 0.29) is 11.3 Å². The number of sulfone groups is 1. The van der Waals surface area contributed by atoms with Crippen molar-refractivity contribution in [2.45, 2.75) is 31.4 Å². The van der Waals surface area contributed by atoms with Crippen molar-refractivity contribution in [1.29, 1.82) is 0 Å². The lowest BCUT2D eigenvalue weighted by atomic mass is 10.0. The monoisotopic (exact) mass is 345 g/mol. The fourth-order valence-electron chi connectivity index (χ4n) is 2.86. The Kier molecular flexibility index (Phi) is 4.67. The lowest BCUT2D eigenvalue weighted by Gasteiger charge is -2.42. The minimum absolute atomic E-state index is 0.0737. The molecule has 1 fully saturated rings. The highest BCUT2D eigenvalue weighted by Crippen LogP contribution is 2.35. The average molecular weight is 346 g/mol. The topological polar surface area (TPSA) is 93.4 Å². The highest BCUT2D eigenvalue weighted by Gasteiger charge is 2.45. The van der Waals surface area contributed by atoms with Gasteiger partial charge in [0, 0.05) is 19.3 Å². The van der Waals surface area contributed by atoms with Gasteiger partial charge in [-0.2, -0.15) is 0 Å². The van der Waals surface area contributed by atoms with Crippen molar-refractivity contribution in [3.05, 3.63) is 22.8 Å². The number of carbonyl (C=O) groups excluding carboxylic acids is 1. The van der Waals surface area contributed by atoms with Crippen LogP contribution < -0.4 is 10.6 Å². The number of anilines is 1. The lowest BCUT2D eigenvalue weighted by molar-refractivity contribution is 0.1000. The van der Waals surface area contributed by atoms with E-state index in [1.807, 2.05) is 18.7 Å². The van der Waals surface area contributed by atoms with E-state index < -0.39 is 20.5 Å². The molecule has 2 rings (SSSR count). The minimum atomic E-state index is -3.15. The van der Waals surface area contributed by atoms with Gasteiger partial charge in [0.25, 0.3) is 0 Å². The van der Waals surface area contributed by atoms with Crippen molar-refractivity contribution >= 4 is 33.2 Å². The number of nitrogens with two attached hydrogens (primary N) is 1. The van der Waals surface area contributed by atoms with Gasteiger partial charge >= 0.3 is 0 Å². The van der Waals surface area contributed by atoms with Crippen molar-refractivity contribution in [2.75, 3.05) is 23.7 Å². The van der Waals surface area contributed by atoms with E-state index in [1.54, 1.807) is 0 Å². The lowest BCUT2D eigenvalue weighted by Crippen LogP contribution is -2.56. The average Bonchev–Trinajstić information content (AvgIpc) is 2.47. The van der Waals surface area contributed by atoms with Gasteiger partial charge in [-0.25, -0.2) is 13.4 Å². The largest absolute Gasteiger partial charge is 0.366 e. The highest BCUT2D eigenvalue weighted by molar-refractivity contribution is 7.92. The van der Waals surface area contributed by atoms with Crippen LogP contribution in [0.5, 0.6) is 0 Å². The second-order valence-corrected chi connectivity index (χ2v) is 8.44. The number of pyridine rings is 1. The molecule has 0 radical (unpaired) electrons. The summed E-state index contributed by atoms with van der Waals surface area (Å²) in [5, 5.41) is 0.303. The van der Waals surface area contributed by atoms with Crippen LogP contribution >= 0.6 is 11.6 Å². The van der Waals surface area contributed by atoms with E-state index in [0.29, 0.717) is 36.8 Å². The second kappa shape index (κ2) is 6.04. The van der Waals surface area contributed by atoms with Crippen molar-refractivity contribution < 1.29 is 13.2 Å². The molecule has 1 aromatic rings. The second-order valence-electron chi connectivity index (χ2n) is 5.52. The molecule has 22 heavy (non-hydrogen) atoms. The van der Waals surface area contributed by atoms with Crippen LogP contribution in [-0.2, 0) is 9.84 Å². The van der Waals surface area contributed by atoms with Crippen LogP contribution in [0.4, 0.5) is 5.82 Å².